The van der Waals surface area contributed by atoms with E-state index >= 15 is 0 Å². The minimum absolute atomic E-state index is 0.110. The fraction of sp³-hybridized carbons (Fsp3) is 0.450. The molecule has 0 amide bonds. The molecule has 0 spiro atoms. The van der Waals surface area contributed by atoms with Gasteiger partial charge in [-0.3, -0.25) is 0 Å². The number of carbonyl (C=O) groups is 4. The zero-order valence-corrected chi connectivity index (χ0v) is 30.2. The lowest BCUT2D eigenvalue weighted by Crippen LogP contribution is -2.62. The van der Waals surface area contributed by atoms with Gasteiger partial charge >= 0.3 is 23.9 Å². The Morgan fingerprint density at radius 1 is 0.460 bits per heavy atom. The molecule has 0 bridgehead atoms. The average molecular weight is 685 g/mol. The summed E-state index contributed by atoms with van der Waals surface area (Å²) >= 11 is 0. The minimum Gasteiger partial charge on any atom is -0.459 e. The van der Waals surface area contributed by atoms with E-state index in [1.165, 1.54) is 0 Å². The van der Waals surface area contributed by atoms with Crippen LogP contribution in [0.3, 0.4) is 0 Å². The molecule has 2 heterocycles. The second kappa shape index (κ2) is 14.0. The highest BCUT2D eigenvalue weighted by atomic mass is 16.7. The van der Waals surface area contributed by atoms with Gasteiger partial charge in [-0.1, -0.05) is 48.5 Å². The van der Waals surface area contributed by atoms with E-state index in [4.69, 9.17) is 19.1 Å². The number of carbonyl (C=O) groups excluding carboxylic acids is 4. The van der Waals surface area contributed by atoms with E-state index in [0.29, 0.717) is 36.8 Å². The molecule has 266 valence electrons. The second-order valence-corrected chi connectivity index (χ2v) is 15.7. The third-order valence-corrected chi connectivity index (χ3v) is 9.39. The first kappa shape index (κ1) is 36.7. The van der Waals surface area contributed by atoms with E-state index in [9.17, 15) is 19.2 Å². The van der Waals surface area contributed by atoms with Crippen molar-refractivity contribution in [3.8, 4) is 0 Å². The highest BCUT2D eigenvalue weighted by Crippen LogP contribution is 2.42. The second-order valence-electron chi connectivity index (χ2n) is 15.7. The average Bonchev–Trinajstić information content (AvgIpc) is 3.04. The van der Waals surface area contributed by atoms with Crippen molar-refractivity contribution in [2.75, 3.05) is 0 Å². The number of hydrogen-bond donors (Lipinski definition) is 0. The minimum atomic E-state index is -0.667. The maximum atomic E-state index is 13.7. The fourth-order valence-electron chi connectivity index (χ4n) is 7.69. The monoisotopic (exact) mass is 684 g/mol. The van der Waals surface area contributed by atoms with Gasteiger partial charge in [0.2, 0.25) is 0 Å². The Kier molecular flexibility index (Phi) is 10.3. The number of piperidine rings is 2. The predicted molar refractivity (Wildman–Crippen MR) is 187 cm³/mol. The van der Waals surface area contributed by atoms with Crippen LogP contribution in [0.5, 0.6) is 0 Å². The normalized spacial score (nSPS) is 20.3. The SMILES string of the molecule is CC1(C)CC(OC(=O)c2ccccc2C(=O)OC2CC(C)(C)N(OC(=O)c3ccccc3)C(C)(C)C2)CC(C)(C)N1OC(=O)c1ccccc1. The van der Waals surface area contributed by atoms with Crippen LogP contribution in [0.2, 0.25) is 0 Å². The Balaban J connectivity index is 1.25. The lowest BCUT2D eigenvalue weighted by Gasteiger charge is -2.52. The molecule has 50 heavy (non-hydrogen) atoms. The van der Waals surface area contributed by atoms with Crippen molar-refractivity contribution < 1.29 is 38.3 Å². The molecule has 2 aliphatic rings. The van der Waals surface area contributed by atoms with Gasteiger partial charge in [-0.25, -0.2) is 19.2 Å². The lowest BCUT2D eigenvalue weighted by atomic mass is 9.80. The maximum absolute atomic E-state index is 13.7. The van der Waals surface area contributed by atoms with Crippen molar-refractivity contribution in [2.45, 2.75) is 115 Å². The van der Waals surface area contributed by atoms with E-state index in [0.717, 1.165) is 0 Å². The van der Waals surface area contributed by atoms with E-state index in [1.807, 2.05) is 67.5 Å². The smallest absolute Gasteiger partial charge is 0.357 e. The van der Waals surface area contributed by atoms with E-state index < -0.39 is 58.2 Å². The van der Waals surface area contributed by atoms with Crippen molar-refractivity contribution in [3.63, 3.8) is 0 Å². The summed E-state index contributed by atoms with van der Waals surface area (Å²) in [5, 5.41) is 3.39. The molecule has 2 saturated heterocycles. The maximum Gasteiger partial charge on any atom is 0.357 e. The first-order valence-electron chi connectivity index (χ1n) is 17.1. The summed E-state index contributed by atoms with van der Waals surface area (Å²) in [6.07, 6.45) is 0.576. The summed E-state index contributed by atoms with van der Waals surface area (Å²) in [4.78, 5) is 65.1. The van der Waals surface area contributed by atoms with Crippen LogP contribution in [0.25, 0.3) is 0 Å². The topological polar surface area (TPSA) is 112 Å². The largest absolute Gasteiger partial charge is 0.459 e. The Hall–Kier alpha value is -4.54. The standard InChI is InChI=1S/C40H48N2O8/c1-37(2)23-29(24-38(3,4)41(37)49-33(43)27-17-11-9-12-18-27)47-35(45)31-21-15-16-22-32(31)36(46)48-30-25-39(5,6)42(40(7,8)26-30)50-34(44)28-19-13-10-14-20-28/h9-22,29-30H,23-26H2,1-8H3. The highest BCUT2D eigenvalue weighted by Gasteiger charge is 2.51. The van der Waals surface area contributed by atoms with Gasteiger partial charge in [0.25, 0.3) is 0 Å². The third-order valence-electron chi connectivity index (χ3n) is 9.39. The molecule has 0 N–H and O–H groups in total. The van der Waals surface area contributed by atoms with Gasteiger partial charge in [-0.2, -0.15) is 0 Å². The molecule has 3 aromatic rings. The summed E-state index contributed by atoms with van der Waals surface area (Å²) < 4.78 is 12.1. The van der Waals surface area contributed by atoms with Crippen LogP contribution >= 0.6 is 0 Å². The summed E-state index contributed by atoms with van der Waals surface area (Å²) in [6.45, 7) is 15.5. The summed E-state index contributed by atoms with van der Waals surface area (Å²) in [5.74, 6) is -2.18. The molecular weight excluding hydrogens is 636 g/mol. The zero-order chi connectivity index (χ0) is 36.5. The van der Waals surface area contributed by atoms with Crippen molar-refractivity contribution in [1.29, 1.82) is 0 Å². The molecule has 3 aromatic carbocycles. The van der Waals surface area contributed by atoms with E-state index in [-0.39, 0.29) is 11.1 Å². The van der Waals surface area contributed by atoms with Crippen molar-refractivity contribution >= 4 is 23.9 Å². The van der Waals surface area contributed by atoms with Gasteiger partial charge in [0.15, 0.2) is 0 Å². The number of rotatable bonds is 8. The van der Waals surface area contributed by atoms with Gasteiger partial charge in [0.05, 0.1) is 44.4 Å². The van der Waals surface area contributed by atoms with Gasteiger partial charge in [-0.05, 0) is 91.8 Å². The molecule has 0 atom stereocenters. The van der Waals surface area contributed by atoms with Gasteiger partial charge in [-0.15, -0.1) is 10.1 Å². The van der Waals surface area contributed by atoms with Crippen molar-refractivity contribution in [2.24, 2.45) is 0 Å². The van der Waals surface area contributed by atoms with E-state index in [1.54, 1.807) is 82.9 Å². The first-order valence-corrected chi connectivity index (χ1v) is 17.1. The van der Waals surface area contributed by atoms with Crippen LogP contribution < -0.4 is 0 Å². The first-order chi connectivity index (χ1) is 23.4. The molecule has 2 fully saturated rings. The number of hydrogen-bond acceptors (Lipinski definition) is 10. The van der Waals surface area contributed by atoms with Crippen LogP contribution in [0, 0.1) is 0 Å². The molecule has 2 aliphatic heterocycles. The summed E-state index contributed by atoms with van der Waals surface area (Å²) in [7, 11) is 0. The van der Waals surface area contributed by atoms with Crippen LogP contribution in [-0.2, 0) is 19.1 Å². The molecule has 0 saturated carbocycles. The van der Waals surface area contributed by atoms with Crippen LogP contribution in [-0.4, -0.2) is 68.4 Å². The van der Waals surface area contributed by atoms with Gasteiger partial charge in [0.1, 0.15) is 12.2 Å². The zero-order valence-electron chi connectivity index (χ0n) is 30.2. The predicted octanol–water partition coefficient (Wildman–Crippen LogP) is 7.59. The Morgan fingerprint density at radius 3 is 1.04 bits per heavy atom. The molecule has 0 unspecified atom stereocenters. The number of nitrogens with zero attached hydrogens (tertiary/aromatic N) is 2. The van der Waals surface area contributed by atoms with Crippen LogP contribution in [0.15, 0.2) is 84.9 Å². The summed E-state index contributed by atoms with van der Waals surface area (Å²) in [6, 6.07) is 24.1. The third kappa shape index (κ3) is 8.08. The van der Waals surface area contributed by atoms with E-state index in [2.05, 4.69) is 0 Å². The van der Waals surface area contributed by atoms with Crippen LogP contribution in [0.1, 0.15) is 123 Å². The number of esters is 2. The van der Waals surface area contributed by atoms with Crippen LogP contribution in [0.4, 0.5) is 0 Å². The number of benzene rings is 3. The summed E-state index contributed by atoms with van der Waals surface area (Å²) in [5.41, 5.74) is -1.56. The highest BCUT2D eigenvalue weighted by molar-refractivity contribution is 6.03. The molecule has 0 aliphatic carbocycles. The number of hydroxylamine groups is 4. The Labute approximate surface area is 294 Å². The molecule has 10 nitrogen and oxygen atoms in total. The molecular formula is C40H48N2O8. The van der Waals surface area contributed by atoms with Gasteiger partial charge in [0, 0.05) is 25.7 Å². The molecule has 10 heteroatoms. The van der Waals surface area contributed by atoms with Crippen molar-refractivity contribution in [1.82, 2.24) is 10.1 Å². The molecule has 0 radical (unpaired) electrons. The quantitative estimate of drug-likeness (QED) is 0.220. The Bertz CT molecular complexity index is 1550. The molecule has 0 aromatic heterocycles. The van der Waals surface area contributed by atoms with Crippen molar-refractivity contribution in [3.05, 3.63) is 107 Å². The fourth-order valence-corrected chi connectivity index (χ4v) is 7.69. The lowest BCUT2D eigenvalue weighted by molar-refractivity contribution is -0.255. The Morgan fingerprint density at radius 2 is 0.740 bits per heavy atom. The number of ether oxygens (including phenoxy) is 2. The van der Waals surface area contributed by atoms with Gasteiger partial charge < -0.3 is 19.1 Å². The molecule has 5 rings (SSSR count).